The predicted molar refractivity (Wildman–Crippen MR) is 86.5 cm³/mol. The van der Waals surface area contributed by atoms with Gasteiger partial charge in [-0.1, -0.05) is 23.7 Å². The van der Waals surface area contributed by atoms with Gasteiger partial charge in [0.25, 0.3) is 0 Å². The number of nitrogens with one attached hydrogen (secondary N) is 1. The topological polar surface area (TPSA) is 66.4 Å². The number of hydrogen-bond acceptors (Lipinski definition) is 2. The van der Waals surface area contributed by atoms with Crippen molar-refractivity contribution >= 4 is 29.2 Å². The highest BCUT2D eigenvalue weighted by atomic mass is 35.5. The molecule has 2 rings (SSSR count). The van der Waals surface area contributed by atoms with Crippen molar-refractivity contribution in [1.82, 2.24) is 0 Å². The van der Waals surface area contributed by atoms with Crippen LogP contribution in [0.25, 0.3) is 0 Å². The van der Waals surface area contributed by atoms with Crippen molar-refractivity contribution in [3.05, 3.63) is 64.4 Å². The van der Waals surface area contributed by atoms with Gasteiger partial charge in [-0.2, -0.15) is 13.2 Å². The molecule has 2 N–H and O–H groups in total. The zero-order chi connectivity index (χ0) is 19.5. The molecule has 0 saturated carbocycles. The summed E-state index contributed by atoms with van der Waals surface area (Å²) in [6.45, 7) is 0. The largest absolute Gasteiger partial charge is 0.481 e. The van der Waals surface area contributed by atoms with Gasteiger partial charge in [0.15, 0.2) is 0 Å². The lowest BCUT2D eigenvalue weighted by Crippen LogP contribution is -2.21. The summed E-state index contributed by atoms with van der Waals surface area (Å²) < 4.78 is 50.7. The molecular formula is C17H12ClF4NO3. The Bertz CT molecular complexity index is 822. The van der Waals surface area contributed by atoms with Gasteiger partial charge in [0.1, 0.15) is 5.82 Å². The number of benzene rings is 2. The van der Waals surface area contributed by atoms with E-state index < -0.39 is 41.8 Å². The molecule has 0 aliphatic heterocycles. The number of amides is 1. The Morgan fingerprint density at radius 1 is 1.12 bits per heavy atom. The first-order valence-electron chi connectivity index (χ1n) is 7.23. The second-order valence-electron chi connectivity index (χ2n) is 5.39. The van der Waals surface area contributed by atoms with Crippen LogP contribution in [0, 0.1) is 5.82 Å². The third-order valence-corrected chi connectivity index (χ3v) is 3.84. The Morgan fingerprint density at radius 3 is 2.23 bits per heavy atom. The number of anilines is 1. The molecule has 1 unspecified atom stereocenters. The summed E-state index contributed by atoms with van der Waals surface area (Å²) in [6, 6.07) is 7.00. The zero-order valence-corrected chi connectivity index (χ0v) is 13.7. The molecule has 0 radical (unpaired) electrons. The van der Waals surface area contributed by atoms with Crippen LogP contribution >= 0.6 is 11.6 Å². The molecule has 0 aromatic heterocycles. The number of rotatable bonds is 5. The van der Waals surface area contributed by atoms with Gasteiger partial charge in [-0.15, -0.1) is 0 Å². The third-order valence-electron chi connectivity index (χ3n) is 3.53. The van der Waals surface area contributed by atoms with Gasteiger partial charge in [-0.3, -0.25) is 9.59 Å². The molecule has 0 bridgehead atoms. The molecule has 0 aliphatic rings. The smallest absolute Gasteiger partial charge is 0.416 e. The average molecular weight is 390 g/mol. The second kappa shape index (κ2) is 7.74. The Labute approximate surface area is 150 Å². The zero-order valence-electron chi connectivity index (χ0n) is 13.0. The Kier molecular flexibility index (Phi) is 5.86. The Balaban J connectivity index is 2.13. The predicted octanol–water partition coefficient (Wildman–Crippen LogP) is 4.69. The first-order valence-corrected chi connectivity index (χ1v) is 7.60. The maximum Gasteiger partial charge on any atom is 0.416 e. The quantitative estimate of drug-likeness (QED) is 0.729. The normalized spacial score (nSPS) is 12.5. The number of hydrogen-bond donors (Lipinski definition) is 2. The molecule has 9 heteroatoms. The molecule has 4 nitrogen and oxygen atoms in total. The number of carboxylic acids is 1. The fourth-order valence-electron chi connectivity index (χ4n) is 2.22. The summed E-state index contributed by atoms with van der Waals surface area (Å²) in [4.78, 5) is 23.4. The molecule has 0 aliphatic carbocycles. The van der Waals surface area contributed by atoms with Crippen LogP contribution in [0.5, 0.6) is 0 Å². The molecule has 0 heterocycles. The van der Waals surface area contributed by atoms with E-state index in [1.165, 1.54) is 12.1 Å². The Morgan fingerprint density at radius 2 is 1.73 bits per heavy atom. The van der Waals surface area contributed by atoms with Crippen molar-refractivity contribution in [2.24, 2.45) is 0 Å². The molecule has 26 heavy (non-hydrogen) atoms. The summed E-state index contributed by atoms with van der Waals surface area (Å²) in [5.74, 6) is -3.86. The maximum absolute atomic E-state index is 12.9. The Hall–Kier alpha value is -2.61. The summed E-state index contributed by atoms with van der Waals surface area (Å²) >= 11 is 5.74. The van der Waals surface area contributed by atoms with Crippen LogP contribution in [0.3, 0.4) is 0 Å². The summed E-state index contributed by atoms with van der Waals surface area (Å²) in [7, 11) is 0. The molecule has 1 amide bonds. The van der Waals surface area contributed by atoms with Crippen LogP contribution in [0.15, 0.2) is 42.5 Å². The van der Waals surface area contributed by atoms with Crippen molar-refractivity contribution in [1.29, 1.82) is 0 Å². The first kappa shape index (κ1) is 19.7. The molecule has 2 aromatic carbocycles. The fourth-order valence-corrected chi connectivity index (χ4v) is 2.45. The standard InChI is InChI=1S/C17H12ClF4NO3/c18-13-7-10(17(20,21)22)3-6-14(13)23-15(24)8-12(16(25)26)9-1-4-11(19)5-2-9/h1-7,12H,8H2,(H,23,24)(H,25,26). The van der Waals surface area contributed by atoms with E-state index in [1.54, 1.807) is 0 Å². The van der Waals surface area contributed by atoms with E-state index in [1.807, 2.05) is 0 Å². The minimum absolute atomic E-state index is 0.0760. The van der Waals surface area contributed by atoms with E-state index in [2.05, 4.69) is 5.32 Å². The van der Waals surface area contributed by atoms with Crippen LogP contribution < -0.4 is 5.32 Å². The summed E-state index contributed by atoms with van der Waals surface area (Å²) in [5.41, 5.74) is -0.837. The third kappa shape index (κ3) is 4.95. The summed E-state index contributed by atoms with van der Waals surface area (Å²) in [5, 5.41) is 11.2. The first-order chi connectivity index (χ1) is 12.1. The van der Waals surface area contributed by atoms with Gasteiger partial charge in [-0.05, 0) is 35.9 Å². The van der Waals surface area contributed by atoms with Crippen molar-refractivity contribution in [2.75, 3.05) is 5.32 Å². The van der Waals surface area contributed by atoms with Crippen LogP contribution in [-0.2, 0) is 15.8 Å². The monoisotopic (exact) mass is 389 g/mol. The van der Waals surface area contributed by atoms with Crippen molar-refractivity contribution < 1.29 is 32.3 Å². The molecule has 0 saturated heterocycles. The number of alkyl halides is 3. The van der Waals surface area contributed by atoms with Crippen molar-refractivity contribution in [3.63, 3.8) is 0 Å². The number of aliphatic carboxylic acids is 1. The van der Waals surface area contributed by atoms with E-state index in [0.29, 0.717) is 6.07 Å². The lowest BCUT2D eigenvalue weighted by atomic mass is 9.95. The average Bonchev–Trinajstić information content (AvgIpc) is 2.54. The highest BCUT2D eigenvalue weighted by Crippen LogP contribution is 2.34. The van der Waals surface area contributed by atoms with Gasteiger partial charge >= 0.3 is 12.1 Å². The number of carboxylic acid groups (broad SMARTS) is 1. The molecule has 138 valence electrons. The van der Waals surface area contributed by atoms with Crippen LogP contribution in [0.2, 0.25) is 5.02 Å². The SMILES string of the molecule is O=C(CC(C(=O)O)c1ccc(F)cc1)Nc1ccc(C(F)(F)F)cc1Cl. The van der Waals surface area contributed by atoms with Gasteiger partial charge in [0, 0.05) is 6.42 Å². The van der Waals surface area contributed by atoms with Crippen LogP contribution in [0.4, 0.5) is 23.2 Å². The van der Waals surface area contributed by atoms with Gasteiger partial charge in [0.2, 0.25) is 5.91 Å². The van der Waals surface area contributed by atoms with E-state index in [-0.39, 0.29) is 16.3 Å². The van der Waals surface area contributed by atoms with E-state index >= 15 is 0 Å². The van der Waals surface area contributed by atoms with E-state index in [4.69, 9.17) is 11.6 Å². The molecule has 1 atom stereocenters. The van der Waals surface area contributed by atoms with Gasteiger partial charge < -0.3 is 10.4 Å². The number of carbonyl (C=O) groups is 2. The minimum Gasteiger partial charge on any atom is -0.481 e. The second-order valence-corrected chi connectivity index (χ2v) is 5.79. The van der Waals surface area contributed by atoms with Crippen molar-refractivity contribution in [2.45, 2.75) is 18.5 Å². The van der Waals surface area contributed by atoms with Crippen molar-refractivity contribution in [3.8, 4) is 0 Å². The maximum atomic E-state index is 12.9. The molecule has 2 aromatic rings. The molecule has 0 spiro atoms. The van der Waals surface area contributed by atoms with Crippen LogP contribution in [0.1, 0.15) is 23.5 Å². The van der Waals surface area contributed by atoms with Gasteiger partial charge in [-0.25, -0.2) is 4.39 Å². The fraction of sp³-hybridized carbons (Fsp3) is 0.176. The number of halogens is 5. The highest BCUT2D eigenvalue weighted by molar-refractivity contribution is 6.33. The lowest BCUT2D eigenvalue weighted by Gasteiger charge is -2.14. The highest BCUT2D eigenvalue weighted by Gasteiger charge is 2.31. The molecule has 0 fully saturated rings. The van der Waals surface area contributed by atoms with Gasteiger partial charge in [0.05, 0.1) is 22.2 Å². The number of carbonyl (C=O) groups excluding carboxylic acids is 1. The van der Waals surface area contributed by atoms with E-state index in [0.717, 1.165) is 24.3 Å². The molecular weight excluding hydrogens is 378 g/mol. The lowest BCUT2D eigenvalue weighted by molar-refractivity contribution is -0.140. The minimum atomic E-state index is -4.58. The van der Waals surface area contributed by atoms with Crippen LogP contribution in [-0.4, -0.2) is 17.0 Å². The summed E-state index contributed by atoms with van der Waals surface area (Å²) in [6.07, 6.45) is -5.08. The van der Waals surface area contributed by atoms with E-state index in [9.17, 15) is 32.3 Å².